The molecule has 2 aliphatic carbocycles. The number of fused-ring (bicyclic) bond motifs is 1. The number of esters is 1. The second-order valence-corrected chi connectivity index (χ2v) is 7.50. The predicted molar refractivity (Wildman–Crippen MR) is 82.4 cm³/mol. The van der Waals surface area contributed by atoms with Gasteiger partial charge in [-0.25, -0.2) is 0 Å². The lowest BCUT2D eigenvalue weighted by atomic mass is 9.56. The third-order valence-corrected chi connectivity index (χ3v) is 5.89. The van der Waals surface area contributed by atoms with Crippen molar-refractivity contribution in [2.75, 3.05) is 0 Å². The van der Waals surface area contributed by atoms with E-state index in [-0.39, 0.29) is 11.6 Å². The van der Waals surface area contributed by atoms with Crippen LogP contribution >= 0.6 is 0 Å². The van der Waals surface area contributed by atoms with Crippen LogP contribution in [0.2, 0.25) is 0 Å². The van der Waals surface area contributed by atoms with Crippen molar-refractivity contribution in [1.29, 1.82) is 0 Å². The van der Waals surface area contributed by atoms with Crippen LogP contribution in [-0.2, 0) is 9.53 Å². The molecular weight excluding hydrogens is 248 g/mol. The fourth-order valence-electron chi connectivity index (χ4n) is 4.08. The topological polar surface area (TPSA) is 26.3 Å². The van der Waals surface area contributed by atoms with E-state index >= 15 is 0 Å². The van der Waals surface area contributed by atoms with Crippen molar-refractivity contribution in [3.63, 3.8) is 0 Å². The molecular formula is C18H30O2. The van der Waals surface area contributed by atoms with Crippen molar-refractivity contribution in [3.05, 3.63) is 11.6 Å². The van der Waals surface area contributed by atoms with Crippen LogP contribution in [0, 0.1) is 17.3 Å². The highest BCUT2D eigenvalue weighted by molar-refractivity contribution is 5.69. The van der Waals surface area contributed by atoms with Crippen LogP contribution in [0.3, 0.4) is 0 Å². The maximum absolute atomic E-state index is 11.7. The highest BCUT2D eigenvalue weighted by Gasteiger charge is 2.46. The summed E-state index contributed by atoms with van der Waals surface area (Å²) in [5.74, 6) is 1.14. The van der Waals surface area contributed by atoms with Gasteiger partial charge in [0.1, 0.15) is 5.60 Å². The summed E-state index contributed by atoms with van der Waals surface area (Å²) < 4.78 is 5.73. The monoisotopic (exact) mass is 278 g/mol. The van der Waals surface area contributed by atoms with Gasteiger partial charge in [0.05, 0.1) is 0 Å². The van der Waals surface area contributed by atoms with Gasteiger partial charge in [0.2, 0.25) is 0 Å². The Hall–Kier alpha value is -0.790. The first-order valence-corrected chi connectivity index (χ1v) is 8.21. The van der Waals surface area contributed by atoms with E-state index in [9.17, 15) is 4.79 Å². The van der Waals surface area contributed by atoms with Crippen molar-refractivity contribution in [3.8, 4) is 0 Å². The summed E-state index contributed by atoms with van der Waals surface area (Å²) in [5, 5.41) is 0. The Labute approximate surface area is 124 Å². The molecule has 114 valence electrons. The summed E-state index contributed by atoms with van der Waals surface area (Å²) in [4.78, 5) is 11.7. The van der Waals surface area contributed by atoms with Crippen LogP contribution < -0.4 is 0 Å². The van der Waals surface area contributed by atoms with E-state index in [1.54, 1.807) is 5.57 Å². The standard InChI is InChI=1S/C18H30O2/c1-6-16(19)20-17(3,4)15-11-10-14-9-7-8-13(2)18(14,5)12-15/h9,13,15H,6-8,10-12H2,1-5H3/t13-,15-,18+/m1/s1. The summed E-state index contributed by atoms with van der Waals surface area (Å²) in [5.41, 5.74) is 1.64. The van der Waals surface area contributed by atoms with Gasteiger partial charge in [0, 0.05) is 6.42 Å². The van der Waals surface area contributed by atoms with Gasteiger partial charge in [-0.1, -0.05) is 32.4 Å². The fourth-order valence-corrected chi connectivity index (χ4v) is 4.08. The highest BCUT2D eigenvalue weighted by atomic mass is 16.6. The van der Waals surface area contributed by atoms with Gasteiger partial charge < -0.3 is 4.74 Å². The van der Waals surface area contributed by atoms with Gasteiger partial charge in [0.25, 0.3) is 0 Å². The number of rotatable bonds is 3. The molecule has 0 aliphatic heterocycles. The third-order valence-electron chi connectivity index (χ3n) is 5.89. The molecule has 0 N–H and O–H groups in total. The molecule has 2 heteroatoms. The highest BCUT2D eigenvalue weighted by Crippen LogP contribution is 2.54. The largest absolute Gasteiger partial charge is 0.459 e. The van der Waals surface area contributed by atoms with E-state index in [0.29, 0.717) is 17.8 Å². The Morgan fingerprint density at radius 1 is 1.45 bits per heavy atom. The zero-order chi connectivity index (χ0) is 15.0. The van der Waals surface area contributed by atoms with Crippen molar-refractivity contribution < 1.29 is 9.53 Å². The van der Waals surface area contributed by atoms with E-state index in [0.717, 1.165) is 18.8 Å². The first-order chi connectivity index (χ1) is 9.29. The van der Waals surface area contributed by atoms with Crippen LogP contribution in [0.15, 0.2) is 11.6 Å². The summed E-state index contributed by atoms with van der Waals surface area (Å²) >= 11 is 0. The van der Waals surface area contributed by atoms with E-state index < -0.39 is 0 Å². The lowest BCUT2D eigenvalue weighted by molar-refractivity contribution is -0.164. The molecule has 0 heterocycles. The smallest absolute Gasteiger partial charge is 0.306 e. The zero-order valence-electron chi connectivity index (χ0n) is 13.8. The zero-order valence-corrected chi connectivity index (χ0v) is 13.8. The molecule has 0 aromatic rings. The Morgan fingerprint density at radius 3 is 2.80 bits per heavy atom. The maximum Gasteiger partial charge on any atom is 0.306 e. The van der Waals surface area contributed by atoms with Crippen LogP contribution in [0.25, 0.3) is 0 Å². The number of carbonyl (C=O) groups is 1. The second-order valence-electron chi connectivity index (χ2n) is 7.50. The molecule has 0 aromatic carbocycles. The minimum Gasteiger partial charge on any atom is -0.459 e. The summed E-state index contributed by atoms with van der Waals surface area (Å²) in [6.45, 7) is 10.9. The average molecular weight is 278 g/mol. The van der Waals surface area contributed by atoms with Crippen LogP contribution in [-0.4, -0.2) is 11.6 Å². The SMILES string of the molecule is CCC(=O)OC(C)(C)[C@@H]1CCC2=CCC[C@@H](C)[C@]2(C)C1. The summed E-state index contributed by atoms with van der Waals surface area (Å²) in [6.07, 6.45) is 8.96. The quantitative estimate of drug-likeness (QED) is 0.543. The molecule has 2 aliphatic rings. The van der Waals surface area contributed by atoms with Crippen LogP contribution in [0.1, 0.15) is 73.1 Å². The van der Waals surface area contributed by atoms with Crippen LogP contribution in [0.4, 0.5) is 0 Å². The lowest BCUT2D eigenvalue weighted by Crippen LogP contribution is -2.45. The molecule has 20 heavy (non-hydrogen) atoms. The Balaban J connectivity index is 2.15. The number of hydrogen-bond donors (Lipinski definition) is 0. The van der Waals surface area contributed by atoms with Crippen molar-refractivity contribution in [2.45, 2.75) is 78.7 Å². The second kappa shape index (κ2) is 5.54. The molecule has 0 amide bonds. The molecule has 0 saturated heterocycles. The Kier molecular flexibility index (Phi) is 4.32. The molecule has 0 unspecified atom stereocenters. The van der Waals surface area contributed by atoms with E-state index in [1.165, 1.54) is 19.3 Å². The van der Waals surface area contributed by atoms with Crippen LogP contribution in [0.5, 0.6) is 0 Å². The molecule has 0 radical (unpaired) electrons. The van der Waals surface area contributed by atoms with Gasteiger partial charge >= 0.3 is 5.97 Å². The fraction of sp³-hybridized carbons (Fsp3) is 0.833. The minimum atomic E-state index is -0.335. The average Bonchev–Trinajstić information content (AvgIpc) is 2.39. The molecule has 1 fully saturated rings. The van der Waals surface area contributed by atoms with E-state index in [2.05, 4.69) is 33.8 Å². The summed E-state index contributed by atoms with van der Waals surface area (Å²) in [6, 6.07) is 0. The van der Waals surface area contributed by atoms with Gasteiger partial charge in [-0.05, 0) is 63.2 Å². The van der Waals surface area contributed by atoms with Crippen molar-refractivity contribution >= 4 is 5.97 Å². The van der Waals surface area contributed by atoms with E-state index in [1.807, 2.05) is 6.92 Å². The van der Waals surface area contributed by atoms with Gasteiger partial charge in [-0.15, -0.1) is 0 Å². The molecule has 2 nitrogen and oxygen atoms in total. The predicted octanol–water partition coefficient (Wildman–Crippen LogP) is 4.88. The normalized spacial score (nSPS) is 34.1. The van der Waals surface area contributed by atoms with Crippen molar-refractivity contribution in [1.82, 2.24) is 0 Å². The minimum absolute atomic E-state index is 0.0711. The molecule has 0 bridgehead atoms. The maximum atomic E-state index is 11.7. The molecule has 0 aromatic heterocycles. The van der Waals surface area contributed by atoms with E-state index in [4.69, 9.17) is 4.74 Å². The first-order valence-electron chi connectivity index (χ1n) is 8.21. The number of ether oxygens (including phenoxy) is 1. The first kappa shape index (κ1) is 15.6. The molecule has 2 rings (SSSR count). The summed E-state index contributed by atoms with van der Waals surface area (Å²) in [7, 11) is 0. The van der Waals surface area contributed by atoms with Gasteiger partial charge in [-0.3, -0.25) is 4.79 Å². The third kappa shape index (κ3) is 2.80. The molecule has 3 atom stereocenters. The number of allylic oxidation sites excluding steroid dienone is 2. The lowest BCUT2D eigenvalue weighted by Gasteiger charge is -2.50. The van der Waals surface area contributed by atoms with Gasteiger partial charge in [0.15, 0.2) is 0 Å². The van der Waals surface area contributed by atoms with Crippen molar-refractivity contribution in [2.24, 2.45) is 17.3 Å². The molecule has 1 saturated carbocycles. The number of hydrogen-bond acceptors (Lipinski definition) is 2. The number of carbonyl (C=O) groups excluding carboxylic acids is 1. The molecule has 0 spiro atoms. The van der Waals surface area contributed by atoms with Gasteiger partial charge in [-0.2, -0.15) is 0 Å². The Bertz CT molecular complexity index is 408. The Morgan fingerprint density at radius 2 is 2.15 bits per heavy atom.